The minimum atomic E-state index is 0.765. The van der Waals surface area contributed by atoms with Gasteiger partial charge in [-0.05, 0) is 43.9 Å². The van der Waals surface area contributed by atoms with Crippen molar-refractivity contribution < 1.29 is 4.42 Å². The average molecular weight is 279 g/mol. The molecule has 0 amide bonds. The number of hydrogen-bond donors (Lipinski definition) is 1. The molecule has 0 radical (unpaired) electrons. The Kier molecular flexibility index (Phi) is 5.02. The first kappa shape index (κ1) is 14.1. The smallest absolute Gasteiger partial charge is 0.118 e. The summed E-state index contributed by atoms with van der Waals surface area (Å²) in [6, 6.07) is 12.0. The molecule has 0 aliphatic carbocycles. The van der Waals surface area contributed by atoms with Crippen LogP contribution in [0.5, 0.6) is 0 Å². The Hall–Kier alpha value is -1.29. The predicted molar refractivity (Wildman–Crippen MR) is 78.1 cm³/mol. The maximum atomic E-state index is 5.88. The number of rotatable bonds is 6. The zero-order valence-corrected chi connectivity index (χ0v) is 12.1. The Balaban J connectivity index is 1.89. The van der Waals surface area contributed by atoms with E-state index in [1.54, 1.807) is 0 Å². The lowest BCUT2D eigenvalue weighted by molar-refractivity contribution is 0.283. The topological polar surface area (TPSA) is 28.4 Å². The molecule has 1 aromatic heterocycles. The Morgan fingerprint density at radius 1 is 1.05 bits per heavy atom. The zero-order valence-electron chi connectivity index (χ0n) is 11.3. The lowest BCUT2D eigenvalue weighted by Gasteiger charge is -2.15. The fourth-order valence-corrected chi connectivity index (χ4v) is 2.13. The molecule has 0 fully saturated rings. The molecule has 0 bridgehead atoms. The summed E-state index contributed by atoms with van der Waals surface area (Å²) < 4.78 is 5.73. The number of nitrogens with one attached hydrogen (secondary N) is 1. The van der Waals surface area contributed by atoms with Gasteiger partial charge in [-0.2, -0.15) is 0 Å². The predicted octanol–water partition coefficient (Wildman–Crippen LogP) is 3.28. The molecule has 2 rings (SSSR count). The van der Waals surface area contributed by atoms with Crippen LogP contribution >= 0.6 is 11.6 Å². The first-order valence-corrected chi connectivity index (χ1v) is 6.70. The highest BCUT2D eigenvalue weighted by Gasteiger charge is 2.06. The molecule has 0 aliphatic heterocycles. The molecule has 102 valence electrons. The van der Waals surface area contributed by atoms with E-state index < -0.39 is 0 Å². The van der Waals surface area contributed by atoms with Gasteiger partial charge >= 0.3 is 0 Å². The molecule has 2 aromatic rings. The van der Waals surface area contributed by atoms with Gasteiger partial charge in [0, 0.05) is 11.6 Å². The third-order valence-corrected chi connectivity index (χ3v) is 3.11. The monoisotopic (exact) mass is 278 g/mol. The van der Waals surface area contributed by atoms with Gasteiger partial charge in [0.25, 0.3) is 0 Å². The van der Waals surface area contributed by atoms with E-state index in [-0.39, 0.29) is 0 Å². The molecule has 0 saturated heterocycles. The highest BCUT2D eigenvalue weighted by Crippen LogP contribution is 2.14. The van der Waals surface area contributed by atoms with Crippen molar-refractivity contribution in [1.29, 1.82) is 0 Å². The van der Waals surface area contributed by atoms with Crippen molar-refractivity contribution in [3.05, 3.63) is 58.5 Å². The third-order valence-electron chi connectivity index (χ3n) is 2.86. The van der Waals surface area contributed by atoms with Gasteiger partial charge in [-0.15, -0.1) is 0 Å². The van der Waals surface area contributed by atoms with Crippen LogP contribution in [0, 0.1) is 0 Å². The van der Waals surface area contributed by atoms with Crippen LogP contribution in [-0.2, 0) is 19.6 Å². The largest absolute Gasteiger partial charge is 0.463 e. The second-order valence-electron chi connectivity index (χ2n) is 4.70. The molecule has 0 unspecified atom stereocenters. The van der Waals surface area contributed by atoms with Gasteiger partial charge in [-0.25, -0.2) is 0 Å². The summed E-state index contributed by atoms with van der Waals surface area (Å²) in [5.41, 5.74) is 1.24. The number of nitrogens with zero attached hydrogens (tertiary/aromatic N) is 1. The SMILES string of the molecule is CNCc1ccc(CN(C)Cc2ccc(Cl)cc2)o1. The summed E-state index contributed by atoms with van der Waals surface area (Å²) in [4.78, 5) is 2.21. The van der Waals surface area contributed by atoms with E-state index in [1.807, 2.05) is 43.4 Å². The van der Waals surface area contributed by atoms with Crippen LogP contribution in [0.15, 0.2) is 40.8 Å². The molecule has 0 spiro atoms. The van der Waals surface area contributed by atoms with E-state index >= 15 is 0 Å². The maximum absolute atomic E-state index is 5.88. The summed E-state index contributed by atoms with van der Waals surface area (Å²) in [5, 5.41) is 3.85. The molecule has 0 aliphatic rings. The van der Waals surface area contributed by atoms with Crippen molar-refractivity contribution in [2.45, 2.75) is 19.6 Å². The van der Waals surface area contributed by atoms with Crippen LogP contribution in [-0.4, -0.2) is 19.0 Å². The van der Waals surface area contributed by atoms with Gasteiger partial charge in [-0.1, -0.05) is 23.7 Å². The summed E-state index contributed by atoms with van der Waals surface area (Å²) >= 11 is 5.88. The Morgan fingerprint density at radius 2 is 1.74 bits per heavy atom. The first-order valence-electron chi connectivity index (χ1n) is 6.32. The molecule has 1 N–H and O–H groups in total. The molecule has 3 nitrogen and oxygen atoms in total. The van der Waals surface area contributed by atoms with E-state index in [9.17, 15) is 0 Å². The van der Waals surface area contributed by atoms with E-state index in [0.717, 1.165) is 36.2 Å². The fourth-order valence-electron chi connectivity index (χ4n) is 2.00. The minimum absolute atomic E-state index is 0.765. The van der Waals surface area contributed by atoms with Crippen LogP contribution in [0.4, 0.5) is 0 Å². The molecule has 1 heterocycles. The highest BCUT2D eigenvalue weighted by molar-refractivity contribution is 6.30. The van der Waals surface area contributed by atoms with Gasteiger partial charge in [0.05, 0.1) is 13.1 Å². The van der Waals surface area contributed by atoms with Crippen molar-refractivity contribution in [1.82, 2.24) is 10.2 Å². The third kappa shape index (κ3) is 4.39. The molecule has 0 atom stereocenters. The van der Waals surface area contributed by atoms with E-state index in [4.69, 9.17) is 16.0 Å². The Bertz CT molecular complexity index is 507. The van der Waals surface area contributed by atoms with Gasteiger partial charge in [0.2, 0.25) is 0 Å². The number of hydrogen-bond acceptors (Lipinski definition) is 3. The van der Waals surface area contributed by atoms with E-state index in [0.29, 0.717) is 0 Å². The first-order chi connectivity index (χ1) is 9.17. The van der Waals surface area contributed by atoms with Gasteiger partial charge in [0.1, 0.15) is 11.5 Å². The maximum Gasteiger partial charge on any atom is 0.118 e. The van der Waals surface area contributed by atoms with Crippen molar-refractivity contribution in [3.63, 3.8) is 0 Å². The molecule has 4 heteroatoms. The summed E-state index contributed by atoms with van der Waals surface area (Å²) in [5.74, 6) is 1.96. The zero-order chi connectivity index (χ0) is 13.7. The number of halogens is 1. The van der Waals surface area contributed by atoms with Gasteiger partial charge in [-0.3, -0.25) is 4.90 Å². The van der Waals surface area contributed by atoms with Crippen LogP contribution < -0.4 is 5.32 Å². The Morgan fingerprint density at radius 3 is 2.42 bits per heavy atom. The molecule has 0 saturated carbocycles. The molecular weight excluding hydrogens is 260 g/mol. The second kappa shape index (κ2) is 6.75. The number of benzene rings is 1. The van der Waals surface area contributed by atoms with E-state index in [2.05, 4.69) is 17.3 Å². The standard InChI is InChI=1S/C15H19ClN2O/c1-17-9-14-7-8-15(19-14)11-18(2)10-12-3-5-13(16)6-4-12/h3-8,17H,9-11H2,1-2H3. The number of furan rings is 1. The van der Waals surface area contributed by atoms with Crippen LogP contribution in [0.2, 0.25) is 5.02 Å². The highest BCUT2D eigenvalue weighted by atomic mass is 35.5. The van der Waals surface area contributed by atoms with Crippen LogP contribution in [0.1, 0.15) is 17.1 Å². The molecular formula is C15H19ClN2O. The minimum Gasteiger partial charge on any atom is -0.463 e. The van der Waals surface area contributed by atoms with Crippen molar-refractivity contribution in [3.8, 4) is 0 Å². The lowest BCUT2D eigenvalue weighted by atomic mass is 10.2. The van der Waals surface area contributed by atoms with Crippen molar-refractivity contribution >= 4 is 11.6 Å². The van der Waals surface area contributed by atoms with Crippen molar-refractivity contribution in [2.24, 2.45) is 0 Å². The Labute approximate surface area is 119 Å². The molecule has 1 aromatic carbocycles. The molecule has 19 heavy (non-hydrogen) atoms. The summed E-state index contributed by atoms with van der Waals surface area (Å²) in [6.07, 6.45) is 0. The van der Waals surface area contributed by atoms with Crippen LogP contribution in [0.3, 0.4) is 0 Å². The van der Waals surface area contributed by atoms with Crippen molar-refractivity contribution in [2.75, 3.05) is 14.1 Å². The summed E-state index contributed by atoms with van der Waals surface area (Å²) in [7, 11) is 3.99. The average Bonchev–Trinajstić information content (AvgIpc) is 2.80. The lowest BCUT2D eigenvalue weighted by Crippen LogP contribution is -2.16. The summed E-state index contributed by atoms with van der Waals surface area (Å²) in [6.45, 7) is 2.44. The van der Waals surface area contributed by atoms with Crippen LogP contribution in [0.25, 0.3) is 0 Å². The second-order valence-corrected chi connectivity index (χ2v) is 5.13. The quantitative estimate of drug-likeness (QED) is 0.879. The fraction of sp³-hybridized carbons (Fsp3) is 0.333. The van der Waals surface area contributed by atoms with Gasteiger partial charge in [0.15, 0.2) is 0 Å². The van der Waals surface area contributed by atoms with E-state index in [1.165, 1.54) is 5.56 Å². The van der Waals surface area contributed by atoms with Gasteiger partial charge < -0.3 is 9.73 Å². The normalized spacial score (nSPS) is 11.2.